The highest BCUT2D eigenvalue weighted by molar-refractivity contribution is 6.09. The third-order valence-corrected chi connectivity index (χ3v) is 5.79. The number of rotatable bonds is 9. The normalized spacial score (nSPS) is 20.4. The Hall–Kier alpha value is -3.30. The number of benzene rings is 2. The molecule has 1 atom stereocenters. The minimum absolute atomic E-state index is 0.0270. The Kier molecular flexibility index (Phi) is 6.18. The second kappa shape index (κ2) is 8.92. The van der Waals surface area contributed by atoms with Crippen molar-refractivity contribution in [1.29, 1.82) is 0 Å². The Morgan fingerprint density at radius 2 is 1.88 bits per heavy atom. The molecule has 0 bridgehead atoms. The molecule has 6 nitrogen and oxygen atoms in total. The van der Waals surface area contributed by atoms with Gasteiger partial charge in [-0.25, -0.2) is 9.38 Å². The number of carbonyl (C=O) groups excluding carboxylic acids is 1. The molecule has 2 aromatic rings. The zero-order valence-electron chi connectivity index (χ0n) is 17.9. The van der Waals surface area contributed by atoms with Crippen LogP contribution in [0, 0.1) is 5.82 Å². The molecule has 0 spiro atoms. The molecule has 2 N–H and O–H groups in total. The van der Waals surface area contributed by atoms with Gasteiger partial charge >= 0.3 is 6.61 Å². The van der Waals surface area contributed by atoms with Crippen LogP contribution in [0.1, 0.15) is 41.9 Å². The van der Waals surface area contributed by atoms with E-state index in [1.54, 1.807) is 6.07 Å². The number of guanidine groups is 1. The molecule has 1 saturated carbocycles. The van der Waals surface area contributed by atoms with Crippen molar-refractivity contribution in [1.82, 2.24) is 4.90 Å². The summed E-state index contributed by atoms with van der Waals surface area (Å²) < 4.78 is 62.6. The SMILES string of the molecule is CN1C(=O)[C@@](c2ccc(F)c(OCCCF)c2)(c2ccc(OC(F)F)c(C3CC3)c2)N=C1N. The van der Waals surface area contributed by atoms with Gasteiger partial charge in [0.05, 0.1) is 13.3 Å². The highest BCUT2D eigenvalue weighted by Crippen LogP contribution is 2.48. The number of amides is 1. The molecule has 10 heteroatoms. The first kappa shape index (κ1) is 22.9. The summed E-state index contributed by atoms with van der Waals surface area (Å²) in [5.74, 6) is -1.31. The summed E-state index contributed by atoms with van der Waals surface area (Å²) in [6, 6.07) is 8.35. The van der Waals surface area contributed by atoms with Gasteiger partial charge in [0.2, 0.25) is 0 Å². The lowest BCUT2D eigenvalue weighted by molar-refractivity contribution is -0.129. The van der Waals surface area contributed by atoms with Crippen molar-refractivity contribution in [2.24, 2.45) is 10.7 Å². The van der Waals surface area contributed by atoms with Crippen LogP contribution in [-0.2, 0) is 10.3 Å². The Balaban J connectivity index is 1.85. The third kappa shape index (κ3) is 4.21. The standard InChI is InChI=1S/C23H23F4N3O3/c1-30-20(31)23(29-22(30)28,15-5-7-17(25)19(12-15)32-10-2-9-24)14-6-8-18(33-21(26)27)16(11-14)13-3-4-13/h5-8,11-13,21H,2-4,9-10H2,1H3,(H2,28,29)/t23-/m0/s1. The summed E-state index contributed by atoms with van der Waals surface area (Å²) in [7, 11) is 1.46. The molecule has 1 heterocycles. The monoisotopic (exact) mass is 465 g/mol. The fourth-order valence-electron chi connectivity index (χ4n) is 3.95. The Morgan fingerprint density at radius 1 is 1.18 bits per heavy atom. The van der Waals surface area contributed by atoms with Crippen LogP contribution in [0.2, 0.25) is 0 Å². The van der Waals surface area contributed by atoms with Crippen LogP contribution in [-0.4, -0.2) is 43.7 Å². The zero-order valence-corrected chi connectivity index (χ0v) is 17.9. The third-order valence-electron chi connectivity index (χ3n) is 5.79. The summed E-state index contributed by atoms with van der Waals surface area (Å²) in [4.78, 5) is 19.1. The van der Waals surface area contributed by atoms with Crippen LogP contribution < -0.4 is 15.2 Å². The average Bonchev–Trinajstić information content (AvgIpc) is 3.60. The van der Waals surface area contributed by atoms with Crippen LogP contribution in [0.3, 0.4) is 0 Å². The predicted molar refractivity (Wildman–Crippen MR) is 113 cm³/mol. The number of hydrogen-bond donors (Lipinski definition) is 1. The molecule has 0 aromatic heterocycles. The Bertz CT molecular complexity index is 1090. The summed E-state index contributed by atoms with van der Waals surface area (Å²) in [6.45, 7) is -3.66. The maximum Gasteiger partial charge on any atom is 0.387 e. The minimum atomic E-state index is -2.99. The van der Waals surface area contributed by atoms with E-state index in [4.69, 9.17) is 10.5 Å². The second-order valence-electron chi connectivity index (χ2n) is 7.99. The van der Waals surface area contributed by atoms with E-state index in [1.807, 2.05) is 0 Å². The molecule has 1 aliphatic carbocycles. The van der Waals surface area contributed by atoms with Crippen molar-refractivity contribution in [2.75, 3.05) is 20.3 Å². The van der Waals surface area contributed by atoms with E-state index < -0.39 is 30.5 Å². The van der Waals surface area contributed by atoms with Gasteiger partial charge in [0, 0.05) is 13.5 Å². The molecule has 1 aliphatic heterocycles. The van der Waals surface area contributed by atoms with Crippen molar-refractivity contribution in [3.8, 4) is 11.5 Å². The summed E-state index contributed by atoms with van der Waals surface area (Å²) in [6.07, 6.45) is 1.69. The summed E-state index contributed by atoms with van der Waals surface area (Å²) in [5.41, 5.74) is 5.51. The van der Waals surface area contributed by atoms with Gasteiger partial charge in [-0.3, -0.25) is 14.1 Å². The number of aliphatic imine (C=N–C) groups is 1. The molecular weight excluding hydrogens is 442 g/mol. The average molecular weight is 465 g/mol. The molecule has 1 fully saturated rings. The van der Waals surface area contributed by atoms with Gasteiger partial charge in [-0.05, 0) is 59.7 Å². The van der Waals surface area contributed by atoms with Gasteiger partial charge in [-0.15, -0.1) is 0 Å². The van der Waals surface area contributed by atoms with Crippen molar-refractivity contribution < 1.29 is 31.8 Å². The molecule has 0 unspecified atom stereocenters. The van der Waals surface area contributed by atoms with Crippen molar-refractivity contribution in [3.63, 3.8) is 0 Å². The van der Waals surface area contributed by atoms with E-state index in [-0.39, 0.29) is 42.0 Å². The maximum atomic E-state index is 14.4. The molecule has 2 aromatic carbocycles. The van der Waals surface area contributed by atoms with Crippen LogP contribution in [0.25, 0.3) is 0 Å². The number of likely N-dealkylation sites (N-methyl/N-ethyl adjacent to an activating group) is 1. The molecule has 33 heavy (non-hydrogen) atoms. The highest BCUT2D eigenvalue weighted by atomic mass is 19.3. The van der Waals surface area contributed by atoms with E-state index in [0.717, 1.165) is 18.9 Å². The molecule has 176 valence electrons. The number of carbonyl (C=O) groups is 1. The second-order valence-corrected chi connectivity index (χ2v) is 7.99. The first-order valence-corrected chi connectivity index (χ1v) is 10.5. The van der Waals surface area contributed by atoms with E-state index in [9.17, 15) is 22.4 Å². The highest BCUT2D eigenvalue weighted by Gasteiger charge is 2.50. The number of alkyl halides is 3. The number of nitrogens with zero attached hydrogens (tertiary/aromatic N) is 2. The summed E-state index contributed by atoms with van der Waals surface area (Å²) >= 11 is 0. The maximum absolute atomic E-state index is 14.4. The molecule has 2 aliphatic rings. The predicted octanol–water partition coefficient (Wildman–Crippen LogP) is 4.07. The topological polar surface area (TPSA) is 77.2 Å². The fraction of sp³-hybridized carbons (Fsp3) is 0.391. The summed E-state index contributed by atoms with van der Waals surface area (Å²) in [5, 5.41) is 0. The van der Waals surface area contributed by atoms with Crippen LogP contribution in [0.4, 0.5) is 17.6 Å². The van der Waals surface area contributed by atoms with Gasteiger partial charge < -0.3 is 15.2 Å². The quantitative estimate of drug-likeness (QED) is 0.447. The van der Waals surface area contributed by atoms with Crippen LogP contribution >= 0.6 is 0 Å². The fourth-order valence-corrected chi connectivity index (χ4v) is 3.95. The van der Waals surface area contributed by atoms with Crippen molar-refractivity contribution in [2.45, 2.75) is 37.3 Å². The smallest absolute Gasteiger partial charge is 0.387 e. The van der Waals surface area contributed by atoms with Crippen molar-refractivity contribution in [3.05, 3.63) is 58.9 Å². The van der Waals surface area contributed by atoms with E-state index in [1.165, 1.54) is 36.2 Å². The Labute approximate surface area is 188 Å². The van der Waals surface area contributed by atoms with Crippen LogP contribution in [0.15, 0.2) is 41.4 Å². The lowest BCUT2D eigenvalue weighted by Gasteiger charge is -2.27. The van der Waals surface area contributed by atoms with Crippen molar-refractivity contribution >= 4 is 11.9 Å². The lowest BCUT2D eigenvalue weighted by Crippen LogP contribution is -2.41. The Morgan fingerprint density at radius 3 is 2.48 bits per heavy atom. The molecule has 4 rings (SSSR count). The van der Waals surface area contributed by atoms with Gasteiger partial charge in [0.1, 0.15) is 5.75 Å². The number of halogens is 4. The van der Waals surface area contributed by atoms with E-state index in [2.05, 4.69) is 9.73 Å². The molecular formula is C23H23F4N3O3. The van der Waals surface area contributed by atoms with Gasteiger partial charge in [0.25, 0.3) is 5.91 Å². The number of ether oxygens (including phenoxy) is 2. The van der Waals surface area contributed by atoms with E-state index in [0.29, 0.717) is 11.1 Å². The molecule has 0 radical (unpaired) electrons. The largest absolute Gasteiger partial charge is 0.490 e. The van der Waals surface area contributed by atoms with Gasteiger partial charge in [-0.1, -0.05) is 12.1 Å². The van der Waals surface area contributed by atoms with E-state index >= 15 is 0 Å². The zero-order chi connectivity index (χ0) is 23.8. The first-order valence-electron chi connectivity index (χ1n) is 10.5. The number of hydrogen-bond acceptors (Lipinski definition) is 5. The van der Waals surface area contributed by atoms with Gasteiger partial charge in [-0.2, -0.15) is 8.78 Å². The molecule has 1 amide bonds. The lowest BCUT2D eigenvalue weighted by atomic mass is 9.81. The number of nitrogens with two attached hydrogens (primary N) is 1. The first-order chi connectivity index (χ1) is 15.8. The van der Waals surface area contributed by atoms with Gasteiger partial charge in [0.15, 0.2) is 23.1 Å². The molecule has 0 saturated heterocycles. The minimum Gasteiger partial charge on any atom is -0.490 e. The van der Waals surface area contributed by atoms with Crippen LogP contribution in [0.5, 0.6) is 11.5 Å².